The Kier molecular flexibility index (Phi) is 7.83. The molecule has 0 saturated carbocycles. The fourth-order valence-corrected chi connectivity index (χ4v) is 5.18. The smallest absolute Gasteiger partial charge is 0.348 e. The van der Waals surface area contributed by atoms with Crippen molar-refractivity contribution in [3.05, 3.63) is 38.7 Å². The van der Waals surface area contributed by atoms with Crippen molar-refractivity contribution < 1.29 is 24.3 Å². The van der Waals surface area contributed by atoms with Crippen LogP contribution < -0.4 is 10.2 Å². The van der Waals surface area contributed by atoms with Crippen LogP contribution in [-0.4, -0.2) is 75.6 Å². The fourth-order valence-electron chi connectivity index (χ4n) is 3.83. The van der Waals surface area contributed by atoms with Crippen molar-refractivity contribution >= 4 is 57.3 Å². The van der Waals surface area contributed by atoms with Gasteiger partial charge in [-0.2, -0.15) is 0 Å². The molecule has 1 amide bonds. The lowest BCUT2D eigenvalue weighted by atomic mass is 10.0. The SMILES string of the molecule is COCn1ccnc1-c1nc(N2CCC(NC(=O)c3[nH]c(C)c(Cl)c3Cl)/C(=N/OC)C2)sc1C(=O)O. The third kappa shape index (κ3) is 5.05. The van der Waals surface area contributed by atoms with Gasteiger partial charge in [-0.1, -0.05) is 39.7 Å². The summed E-state index contributed by atoms with van der Waals surface area (Å²) >= 11 is 13.3. The number of carbonyl (C=O) groups is 2. The molecule has 0 aliphatic carbocycles. The van der Waals surface area contributed by atoms with Crippen LogP contribution in [0.1, 0.15) is 32.3 Å². The predicted molar refractivity (Wildman–Crippen MR) is 135 cm³/mol. The summed E-state index contributed by atoms with van der Waals surface area (Å²) in [4.78, 5) is 43.5. The van der Waals surface area contributed by atoms with E-state index >= 15 is 0 Å². The van der Waals surface area contributed by atoms with Crippen LogP contribution in [0.5, 0.6) is 0 Å². The molecular formula is C21H23Cl2N7O5S. The minimum atomic E-state index is -1.11. The number of rotatable bonds is 8. The number of H-pyrrole nitrogens is 1. The molecule has 4 rings (SSSR count). The summed E-state index contributed by atoms with van der Waals surface area (Å²) < 4.78 is 6.83. The number of hydrogen-bond acceptors (Lipinski definition) is 9. The van der Waals surface area contributed by atoms with Gasteiger partial charge >= 0.3 is 5.97 Å². The topological polar surface area (TPSA) is 147 Å². The number of aryl methyl sites for hydroxylation is 1. The number of nitrogens with one attached hydrogen (secondary N) is 2. The Morgan fingerprint density at radius 2 is 2.14 bits per heavy atom. The number of thiazole rings is 1. The zero-order valence-electron chi connectivity index (χ0n) is 19.5. The third-order valence-corrected chi connectivity index (χ3v) is 7.57. The van der Waals surface area contributed by atoms with E-state index in [9.17, 15) is 14.7 Å². The van der Waals surface area contributed by atoms with Crippen LogP contribution in [0, 0.1) is 6.92 Å². The number of hydrogen-bond donors (Lipinski definition) is 3. The summed E-state index contributed by atoms with van der Waals surface area (Å²) in [5, 5.41) is 17.7. The van der Waals surface area contributed by atoms with E-state index in [4.69, 9.17) is 32.8 Å². The highest BCUT2D eigenvalue weighted by Crippen LogP contribution is 2.34. The molecule has 3 aromatic rings. The van der Waals surface area contributed by atoms with Gasteiger partial charge in [0, 0.05) is 31.7 Å². The molecule has 4 heterocycles. The lowest BCUT2D eigenvalue weighted by Gasteiger charge is -2.32. The Morgan fingerprint density at radius 3 is 2.78 bits per heavy atom. The molecule has 15 heteroatoms. The van der Waals surface area contributed by atoms with Gasteiger partial charge in [0.2, 0.25) is 0 Å². The number of carboxylic acid groups (broad SMARTS) is 1. The molecule has 0 bridgehead atoms. The van der Waals surface area contributed by atoms with Gasteiger partial charge in [-0.05, 0) is 13.3 Å². The number of anilines is 1. The molecule has 1 aliphatic heterocycles. The van der Waals surface area contributed by atoms with E-state index in [1.54, 1.807) is 23.9 Å². The van der Waals surface area contributed by atoms with Crippen LogP contribution >= 0.6 is 34.5 Å². The molecular weight excluding hydrogens is 533 g/mol. The number of amides is 1. The number of halogens is 2. The van der Waals surface area contributed by atoms with Crippen LogP contribution in [0.15, 0.2) is 17.5 Å². The molecule has 1 fully saturated rings. The molecule has 1 unspecified atom stereocenters. The molecule has 36 heavy (non-hydrogen) atoms. The van der Waals surface area contributed by atoms with E-state index in [1.807, 2.05) is 4.90 Å². The molecule has 0 radical (unpaired) electrons. The number of nitrogens with zero attached hydrogens (tertiary/aromatic N) is 5. The largest absolute Gasteiger partial charge is 0.477 e. The van der Waals surface area contributed by atoms with Crippen molar-refractivity contribution in [1.82, 2.24) is 24.8 Å². The first-order chi connectivity index (χ1) is 17.2. The Balaban J connectivity index is 1.57. The van der Waals surface area contributed by atoms with Gasteiger partial charge in [0.25, 0.3) is 5.91 Å². The predicted octanol–water partition coefficient (Wildman–Crippen LogP) is 3.26. The third-order valence-electron chi connectivity index (χ3n) is 5.51. The monoisotopic (exact) mass is 555 g/mol. The Labute approximate surface area is 219 Å². The van der Waals surface area contributed by atoms with Gasteiger partial charge in [-0.25, -0.2) is 14.8 Å². The number of imidazole rings is 1. The Bertz CT molecular complexity index is 1320. The second-order valence-corrected chi connectivity index (χ2v) is 9.61. The molecule has 0 spiro atoms. The summed E-state index contributed by atoms with van der Waals surface area (Å²) in [5.74, 6) is -1.14. The highest BCUT2D eigenvalue weighted by molar-refractivity contribution is 7.17. The van der Waals surface area contributed by atoms with Gasteiger partial charge in [0.1, 0.15) is 30.1 Å². The van der Waals surface area contributed by atoms with Gasteiger partial charge in [0.05, 0.1) is 28.3 Å². The van der Waals surface area contributed by atoms with Crippen molar-refractivity contribution in [2.45, 2.75) is 26.1 Å². The molecule has 1 aliphatic rings. The van der Waals surface area contributed by atoms with Crippen LogP contribution in [0.25, 0.3) is 11.5 Å². The number of carbonyl (C=O) groups excluding carboxylic acids is 1. The van der Waals surface area contributed by atoms with Crippen LogP contribution in [0.3, 0.4) is 0 Å². The van der Waals surface area contributed by atoms with Gasteiger partial charge < -0.3 is 34.4 Å². The highest BCUT2D eigenvalue weighted by Gasteiger charge is 2.32. The Hall–Kier alpha value is -3.13. The van der Waals surface area contributed by atoms with Crippen molar-refractivity contribution in [3.63, 3.8) is 0 Å². The number of oxime groups is 1. The quantitative estimate of drug-likeness (QED) is 0.359. The highest BCUT2D eigenvalue weighted by atomic mass is 35.5. The zero-order chi connectivity index (χ0) is 26.0. The average molecular weight is 556 g/mol. The molecule has 12 nitrogen and oxygen atoms in total. The van der Waals surface area contributed by atoms with Crippen LogP contribution in [0.2, 0.25) is 10.0 Å². The van der Waals surface area contributed by atoms with Crippen LogP contribution in [0.4, 0.5) is 5.13 Å². The first kappa shape index (κ1) is 25.9. The van der Waals surface area contributed by atoms with Gasteiger partial charge in [-0.15, -0.1) is 0 Å². The summed E-state index contributed by atoms with van der Waals surface area (Å²) in [6.07, 6.45) is 3.71. The average Bonchev–Trinajstić information content (AvgIpc) is 3.55. The number of methoxy groups -OCH3 is 1. The summed E-state index contributed by atoms with van der Waals surface area (Å²) in [7, 11) is 2.95. The maximum Gasteiger partial charge on any atom is 0.348 e. The normalized spacial score (nSPS) is 17.0. The molecule has 1 saturated heterocycles. The van der Waals surface area contributed by atoms with Gasteiger partial charge in [-0.3, -0.25) is 4.79 Å². The van der Waals surface area contributed by atoms with Crippen molar-refractivity contribution in [3.8, 4) is 11.5 Å². The Morgan fingerprint density at radius 1 is 1.36 bits per heavy atom. The minimum absolute atomic E-state index is 0.0582. The number of ether oxygens (including phenoxy) is 1. The second-order valence-electron chi connectivity index (χ2n) is 7.87. The number of carboxylic acids is 1. The second kappa shape index (κ2) is 10.9. The van der Waals surface area contributed by atoms with Crippen molar-refractivity contribution in [2.24, 2.45) is 5.16 Å². The van der Waals surface area contributed by atoms with E-state index in [0.29, 0.717) is 40.3 Å². The van der Waals surface area contributed by atoms with Crippen molar-refractivity contribution in [1.29, 1.82) is 0 Å². The lowest BCUT2D eigenvalue weighted by molar-refractivity contribution is 0.0702. The number of aromatic nitrogens is 4. The molecule has 3 aromatic heterocycles. The summed E-state index contributed by atoms with van der Waals surface area (Å²) in [5.41, 5.74) is 1.55. The van der Waals surface area contributed by atoms with Crippen molar-refractivity contribution in [2.75, 3.05) is 32.2 Å². The molecule has 192 valence electrons. The summed E-state index contributed by atoms with van der Waals surface area (Å²) in [6, 6.07) is -0.439. The minimum Gasteiger partial charge on any atom is -0.477 e. The molecule has 3 N–H and O–H groups in total. The van der Waals surface area contributed by atoms with E-state index in [2.05, 4.69) is 25.4 Å². The first-order valence-electron chi connectivity index (χ1n) is 10.7. The zero-order valence-corrected chi connectivity index (χ0v) is 21.9. The molecule has 0 aromatic carbocycles. The number of aromatic carboxylic acids is 1. The van der Waals surface area contributed by atoms with Crippen LogP contribution in [-0.2, 0) is 16.3 Å². The van der Waals surface area contributed by atoms with E-state index in [1.165, 1.54) is 14.2 Å². The van der Waals surface area contributed by atoms with E-state index in [0.717, 1.165) is 11.3 Å². The standard InChI is InChI=1S/C21H23Cl2N7O5S/c1-10-13(22)14(23)15(25-10)19(31)26-11-4-6-29(8-12(11)28-35-3)21-27-16(17(36-21)20(32)33)18-24-5-7-30(18)9-34-2/h5,7,11,25H,4,6,8-9H2,1-3H3,(H,26,31)(H,32,33)/b28-12+. The van der Waals surface area contributed by atoms with E-state index < -0.39 is 17.9 Å². The maximum absolute atomic E-state index is 12.9. The van der Waals surface area contributed by atoms with E-state index in [-0.39, 0.29) is 34.6 Å². The fraction of sp³-hybridized carbons (Fsp3) is 0.381. The maximum atomic E-state index is 12.9. The summed E-state index contributed by atoms with van der Waals surface area (Å²) in [6.45, 7) is 2.66. The number of aromatic amines is 1. The van der Waals surface area contributed by atoms with Gasteiger partial charge in [0.15, 0.2) is 11.0 Å². The first-order valence-corrected chi connectivity index (χ1v) is 12.3. The number of piperidine rings is 1. The molecule has 1 atom stereocenters. The lowest BCUT2D eigenvalue weighted by Crippen LogP contribution is -2.52.